The summed E-state index contributed by atoms with van der Waals surface area (Å²) in [4.78, 5) is 11.6. The first-order chi connectivity index (χ1) is 8.32. The molecule has 0 aliphatic rings. The number of anilines is 1. The van der Waals surface area contributed by atoms with E-state index in [0.717, 1.165) is 6.42 Å². The van der Waals surface area contributed by atoms with Crippen molar-refractivity contribution < 1.29 is 14.6 Å². The van der Waals surface area contributed by atoms with Crippen LogP contribution >= 0.6 is 0 Å². The third-order valence-corrected chi connectivity index (χ3v) is 2.56. The SMILES string of the molecule is CCC(C)Oc1cccc(NC(=O)C(C)(C)O)c1. The predicted molar refractivity (Wildman–Crippen MR) is 71.8 cm³/mol. The van der Waals surface area contributed by atoms with E-state index >= 15 is 0 Å². The van der Waals surface area contributed by atoms with Gasteiger partial charge in [0, 0.05) is 11.8 Å². The van der Waals surface area contributed by atoms with E-state index in [1.807, 2.05) is 19.9 Å². The lowest BCUT2D eigenvalue weighted by Gasteiger charge is -2.17. The Hall–Kier alpha value is -1.55. The summed E-state index contributed by atoms with van der Waals surface area (Å²) in [6.45, 7) is 6.93. The van der Waals surface area contributed by atoms with Gasteiger partial charge in [-0.05, 0) is 39.3 Å². The highest BCUT2D eigenvalue weighted by Crippen LogP contribution is 2.20. The maximum atomic E-state index is 11.6. The number of hydrogen-bond acceptors (Lipinski definition) is 3. The Bertz CT molecular complexity index is 410. The molecule has 0 spiro atoms. The Morgan fingerprint density at radius 3 is 2.72 bits per heavy atom. The minimum Gasteiger partial charge on any atom is -0.491 e. The number of rotatable bonds is 5. The highest BCUT2D eigenvalue weighted by atomic mass is 16.5. The lowest BCUT2D eigenvalue weighted by molar-refractivity contribution is -0.130. The molecule has 0 aliphatic heterocycles. The summed E-state index contributed by atoms with van der Waals surface area (Å²) in [5.74, 6) is 0.265. The molecule has 1 aromatic rings. The van der Waals surface area contributed by atoms with Crippen molar-refractivity contribution in [2.45, 2.75) is 45.8 Å². The molecule has 0 heterocycles. The molecule has 0 radical (unpaired) electrons. The molecule has 1 aromatic carbocycles. The second kappa shape index (κ2) is 5.87. The Morgan fingerprint density at radius 2 is 2.17 bits per heavy atom. The fourth-order valence-corrected chi connectivity index (χ4v) is 1.25. The first-order valence-corrected chi connectivity index (χ1v) is 6.13. The van der Waals surface area contributed by atoms with Crippen LogP contribution in [0.15, 0.2) is 24.3 Å². The number of nitrogens with one attached hydrogen (secondary N) is 1. The fourth-order valence-electron chi connectivity index (χ4n) is 1.25. The third-order valence-electron chi connectivity index (χ3n) is 2.56. The number of carbonyl (C=O) groups is 1. The molecule has 4 heteroatoms. The second-order valence-electron chi connectivity index (χ2n) is 4.88. The maximum absolute atomic E-state index is 11.6. The Labute approximate surface area is 108 Å². The standard InChI is InChI=1S/C14H21NO3/c1-5-10(2)18-12-8-6-7-11(9-12)15-13(16)14(3,4)17/h6-10,17H,5H2,1-4H3,(H,15,16). The van der Waals surface area contributed by atoms with E-state index in [1.165, 1.54) is 13.8 Å². The number of hydrogen-bond donors (Lipinski definition) is 2. The van der Waals surface area contributed by atoms with Crippen molar-refractivity contribution in [3.8, 4) is 5.75 Å². The van der Waals surface area contributed by atoms with Crippen LogP contribution in [0.5, 0.6) is 5.75 Å². The van der Waals surface area contributed by atoms with E-state index < -0.39 is 11.5 Å². The van der Waals surface area contributed by atoms with Gasteiger partial charge in [-0.15, -0.1) is 0 Å². The molecule has 1 atom stereocenters. The van der Waals surface area contributed by atoms with Gasteiger partial charge in [-0.1, -0.05) is 13.0 Å². The summed E-state index contributed by atoms with van der Waals surface area (Å²) in [5, 5.41) is 12.2. The molecule has 1 rings (SSSR count). The molecule has 0 saturated heterocycles. The molecule has 1 unspecified atom stereocenters. The van der Waals surface area contributed by atoms with Gasteiger partial charge in [0.25, 0.3) is 5.91 Å². The highest BCUT2D eigenvalue weighted by Gasteiger charge is 2.23. The molecular weight excluding hydrogens is 230 g/mol. The van der Waals surface area contributed by atoms with Gasteiger partial charge in [0.05, 0.1) is 6.10 Å². The molecule has 100 valence electrons. The number of ether oxygens (including phenoxy) is 1. The van der Waals surface area contributed by atoms with Gasteiger partial charge in [0.1, 0.15) is 11.4 Å². The summed E-state index contributed by atoms with van der Waals surface area (Å²) >= 11 is 0. The van der Waals surface area contributed by atoms with E-state index in [4.69, 9.17) is 4.74 Å². The third kappa shape index (κ3) is 4.37. The van der Waals surface area contributed by atoms with E-state index in [0.29, 0.717) is 11.4 Å². The number of amides is 1. The minimum absolute atomic E-state index is 0.130. The summed E-state index contributed by atoms with van der Waals surface area (Å²) < 4.78 is 5.66. The van der Waals surface area contributed by atoms with Crippen LogP contribution in [0.1, 0.15) is 34.1 Å². The van der Waals surface area contributed by atoms with Crippen LogP contribution in [-0.4, -0.2) is 22.7 Å². The van der Waals surface area contributed by atoms with Gasteiger partial charge in [-0.3, -0.25) is 4.79 Å². The lowest BCUT2D eigenvalue weighted by Crippen LogP contribution is -2.36. The van der Waals surface area contributed by atoms with E-state index in [9.17, 15) is 9.90 Å². The van der Waals surface area contributed by atoms with Gasteiger partial charge >= 0.3 is 0 Å². The van der Waals surface area contributed by atoms with Crippen molar-refractivity contribution >= 4 is 11.6 Å². The van der Waals surface area contributed by atoms with Crippen molar-refractivity contribution in [2.75, 3.05) is 5.32 Å². The van der Waals surface area contributed by atoms with Crippen molar-refractivity contribution in [2.24, 2.45) is 0 Å². The Balaban J connectivity index is 2.74. The predicted octanol–water partition coefficient (Wildman–Crippen LogP) is 2.57. The van der Waals surface area contributed by atoms with Crippen LogP contribution in [0, 0.1) is 0 Å². The van der Waals surface area contributed by atoms with Gasteiger partial charge in [0.2, 0.25) is 0 Å². The molecule has 2 N–H and O–H groups in total. The van der Waals surface area contributed by atoms with E-state index in [2.05, 4.69) is 5.32 Å². The Morgan fingerprint density at radius 1 is 1.50 bits per heavy atom. The summed E-state index contributed by atoms with van der Waals surface area (Å²) in [7, 11) is 0. The average molecular weight is 251 g/mol. The number of carbonyl (C=O) groups excluding carboxylic acids is 1. The first-order valence-electron chi connectivity index (χ1n) is 6.13. The second-order valence-corrected chi connectivity index (χ2v) is 4.88. The lowest BCUT2D eigenvalue weighted by atomic mass is 10.1. The van der Waals surface area contributed by atoms with E-state index in [1.54, 1.807) is 18.2 Å². The molecule has 0 aromatic heterocycles. The topological polar surface area (TPSA) is 58.6 Å². The zero-order chi connectivity index (χ0) is 13.8. The first kappa shape index (κ1) is 14.5. The molecule has 4 nitrogen and oxygen atoms in total. The summed E-state index contributed by atoms with van der Waals surface area (Å²) in [6.07, 6.45) is 1.05. The van der Waals surface area contributed by atoms with Crippen molar-refractivity contribution in [3.05, 3.63) is 24.3 Å². The van der Waals surface area contributed by atoms with Crippen LogP contribution in [0.25, 0.3) is 0 Å². The molecule has 1 amide bonds. The maximum Gasteiger partial charge on any atom is 0.255 e. The van der Waals surface area contributed by atoms with Crippen LogP contribution in [0.4, 0.5) is 5.69 Å². The fraction of sp³-hybridized carbons (Fsp3) is 0.500. The molecule has 0 saturated carbocycles. The van der Waals surface area contributed by atoms with Gasteiger partial charge in [-0.2, -0.15) is 0 Å². The molecule has 0 bridgehead atoms. The van der Waals surface area contributed by atoms with Crippen molar-refractivity contribution in [1.82, 2.24) is 0 Å². The average Bonchev–Trinajstić information content (AvgIpc) is 2.28. The zero-order valence-corrected chi connectivity index (χ0v) is 11.4. The molecule has 18 heavy (non-hydrogen) atoms. The van der Waals surface area contributed by atoms with E-state index in [-0.39, 0.29) is 6.10 Å². The zero-order valence-electron chi connectivity index (χ0n) is 11.4. The van der Waals surface area contributed by atoms with Crippen LogP contribution < -0.4 is 10.1 Å². The highest BCUT2D eigenvalue weighted by molar-refractivity contribution is 5.96. The van der Waals surface area contributed by atoms with Crippen molar-refractivity contribution in [1.29, 1.82) is 0 Å². The molecule has 0 fully saturated rings. The minimum atomic E-state index is -1.40. The quantitative estimate of drug-likeness (QED) is 0.845. The summed E-state index contributed by atoms with van der Waals surface area (Å²) in [6, 6.07) is 7.15. The Kier molecular flexibility index (Phi) is 4.73. The number of aliphatic hydroxyl groups is 1. The van der Waals surface area contributed by atoms with Crippen LogP contribution in [-0.2, 0) is 4.79 Å². The largest absolute Gasteiger partial charge is 0.491 e. The van der Waals surface area contributed by atoms with Gasteiger partial charge in [-0.25, -0.2) is 0 Å². The van der Waals surface area contributed by atoms with Crippen LogP contribution in [0.3, 0.4) is 0 Å². The molecule has 0 aliphatic carbocycles. The normalized spacial score (nSPS) is 12.9. The smallest absolute Gasteiger partial charge is 0.255 e. The van der Waals surface area contributed by atoms with Crippen molar-refractivity contribution in [3.63, 3.8) is 0 Å². The van der Waals surface area contributed by atoms with Gasteiger partial charge < -0.3 is 15.2 Å². The number of benzene rings is 1. The van der Waals surface area contributed by atoms with Crippen LogP contribution in [0.2, 0.25) is 0 Å². The summed E-state index contributed by atoms with van der Waals surface area (Å²) in [5.41, 5.74) is -0.781. The molecular formula is C14H21NO3. The van der Waals surface area contributed by atoms with Gasteiger partial charge in [0.15, 0.2) is 0 Å². The monoisotopic (exact) mass is 251 g/mol.